The monoisotopic (exact) mass is 617 g/mol. The molecule has 1 heterocycles. The summed E-state index contributed by atoms with van der Waals surface area (Å²) in [6.45, 7) is 2.08. The molecule has 0 bridgehead atoms. The van der Waals surface area contributed by atoms with Gasteiger partial charge in [0.25, 0.3) is 0 Å². The number of para-hydroxylation sites is 1. The molecule has 0 radical (unpaired) electrons. The smallest absolute Gasteiger partial charge is 0.335 e. The number of fused-ring (bicyclic) bond motifs is 3. The Hall–Kier alpha value is -4.31. The predicted octanol–water partition coefficient (Wildman–Crippen LogP) is 4.46. The number of ether oxygens (including phenoxy) is 1. The summed E-state index contributed by atoms with van der Waals surface area (Å²) < 4.78 is 5.70. The molecule has 1 fully saturated rings. The number of benzene rings is 2. The van der Waals surface area contributed by atoms with Crippen LogP contribution in [0.15, 0.2) is 75.8 Å². The molecule has 0 aromatic heterocycles. The second-order valence-electron chi connectivity index (χ2n) is 10.4. The van der Waals surface area contributed by atoms with Crippen LogP contribution in [0.1, 0.15) is 41.6 Å². The number of halogens is 1. The average Bonchev–Trinajstić information content (AvgIpc) is 3.21. The van der Waals surface area contributed by atoms with E-state index in [2.05, 4.69) is 15.9 Å². The largest absolute Gasteiger partial charge is 0.504 e. The number of phenolic OH excluding ortho intramolecular Hbond substituents is 1. The Labute approximate surface area is 242 Å². The molecule has 9 nitrogen and oxygen atoms in total. The number of nitrogens with zero attached hydrogens (tertiary/aromatic N) is 1. The zero-order valence-corrected chi connectivity index (χ0v) is 23.4. The van der Waals surface area contributed by atoms with E-state index in [1.807, 2.05) is 6.08 Å². The number of phenols is 1. The third kappa shape index (κ3) is 4.08. The number of anilines is 1. The minimum absolute atomic E-state index is 0.0584. The molecule has 208 valence electrons. The van der Waals surface area contributed by atoms with Gasteiger partial charge in [0.05, 0.1) is 34.2 Å². The molecule has 6 rings (SSSR count). The number of imide groups is 1. The van der Waals surface area contributed by atoms with Crippen molar-refractivity contribution in [2.24, 2.45) is 17.8 Å². The Bertz CT molecular complexity index is 1670. The molecule has 2 aromatic carbocycles. The second-order valence-corrected chi connectivity index (χ2v) is 11.2. The van der Waals surface area contributed by atoms with E-state index in [-0.39, 0.29) is 62.8 Å². The minimum Gasteiger partial charge on any atom is -0.504 e. The van der Waals surface area contributed by atoms with Crippen molar-refractivity contribution < 1.29 is 38.9 Å². The van der Waals surface area contributed by atoms with E-state index in [1.165, 1.54) is 30.3 Å². The van der Waals surface area contributed by atoms with Crippen molar-refractivity contribution in [3.63, 3.8) is 0 Å². The fourth-order valence-corrected chi connectivity index (χ4v) is 7.09. The lowest BCUT2D eigenvalue weighted by atomic mass is 9.59. The van der Waals surface area contributed by atoms with Gasteiger partial charge in [-0.1, -0.05) is 29.8 Å². The van der Waals surface area contributed by atoms with Crippen molar-refractivity contribution in [2.45, 2.75) is 25.7 Å². The number of carbonyl (C=O) groups is 5. The van der Waals surface area contributed by atoms with Crippen LogP contribution in [0.3, 0.4) is 0 Å². The van der Waals surface area contributed by atoms with Crippen LogP contribution in [0.4, 0.5) is 5.69 Å². The Balaban J connectivity index is 1.49. The highest BCUT2D eigenvalue weighted by atomic mass is 79.9. The Morgan fingerprint density at radius 2 is 1.83 bits per heavy atom. The number of hydrogen-bond acceptors (Lipinski definition) is 7. The van der Waals surface area contributed by atoms with E-state index in [4.69, 9.17) is 4.74 Å². The summed E-state index contributed by atoms with van der Waals surface area (Å²) in [7, 11) is 0. The van der Waals surface area contributed by atoms with Gasteiger partial charge in [-0.3, -0.25) is 24.1 Å². The average molecular weight is 618 g/mol. The van der Waals surface area contributed by atoms with E-state index in [1.54, 1.807) is 25.1 Å². The summed E-state index contributed by atoms with van der Waals surface area (Å²) in [5.41, 5.74) is 1.64. The first-order valence-corrected chi connectivity index (χ1v) is 14.0. The fraction of sp³-hybridized carbons (Fsp3) is 0.258. The van der Waals surface area contributed by atoms with Crippen LogP contribution in [0.25, 0.3) is 0 Å². The number of allylic oxidation sites excluding steroid dienone is 6. The molecular weight excluding hydrogens is 594 g/mol. The van der Waals surface area contributed by atoms with Gasteiger partial charge in [0.2, 0.25) is 11.8 Å². The summed E-state index contributed by atoms with van der Waals surface area (Å²) in [6.07, 6.45) is 3.36. The number of Topliss-reactive ketones (excluding diaryl/α,β-unsaturated/α-hetero) is 1. The predicted molar refractivity (Wildman–Crippen MR) is 150 cm³/mol. The molecule has 0 saturated carbocycles. The van der Waals surface area contributed by atoms with Crippen LogP contribution in [0, 0.1) is 17.8 Å². The molecule has 4 unspecified atom stereocenters. The number of amides is 2. The third-order valence-electron chi connectivity index (χ3n) is 8.32. The molecule has 0 spiro atoms. The van der Waals surface area contributed by atoms with Crippen LogP contribution in [0.2, 0.25) is 0 Å². The lowest BCUT2D eigenvalue weighted by Crippen LogP contribution is -2.39. The molecule has 2 N–H and O–H groups in total. The standard InChI is InChI=1S/C31H24BrNO8/c1-2-41-23-8-4-7-17(28(23)36)24-16-9-10-18-25(19(16)12-20-26(24)22(34)13-21(32)27(20)35)30(38)33(29(18)37)15-6-3-5-14(11-15)31(39)40/h3-9,11,13,18-19,24-25,36H,2,10,12H2,1H3,(H,39,40). The van der Waals surface area contributed by atoms with E-state index in [0.29, 0.717) is 17.7 Å². The summed E-state index contributed by atoms with van der Waals surface area (Å²) in [6, 6.07) is 10.6. The molecule has 2 aromatic rings. The van der Waals surface area contributed by atoms with Gasteiger partial charge in [-0.05, 0) is 65.9 Å². The maximum absolute atomic E-state index is 14.0. The van der Waals surface area contributed by atoms with Gasteiger partial charge in [0, 0.05) is 28.7 Å². The van der Waals surface area contributed by atoms with E-state index >= 15 is 0 Å². The number of ketones is 2. The minimum atomic E-state index is -1.19. The fourth-order valence-electron chi connectivity index (χ4n) is 6.64. The number of aromatic carboxylic acids is 1. The summed E-state index contributed by atoms with van der Waals surface area (Å²) in [5, 5.41) is 20.7. The highest BCUT2D eigenvalue weighted by molar-refractivity contribution is 9.12. The van der Waals surface area contributed by atoms with E-state index in [9.17, 15) is 34.2 Å². The summed E-state index contributed by atoms with van der Waals surface area (Å²) >= 11 is 3.20. The third-order valence-corrected chi connectivity index (χ3v) is 8.91. The van der Waals surface area contributed by atoms with Crippen molar-refractivity contribution in [1.29, 1.82) is 0 Å². The van der Waals surface area contributed by atoms with Crippen molar-refractivity contribution in [3.8, 4) is 11.5 Å². The molecule has 10 heteroatoms. The van der Waals surface area contributed by atoms with Crippen LogP contribution in [-0.2, 0) is 19.2 Å². The summed E-state index contributed by atoms with van der Waals surface area (Å²) in [4.78, 5) is 67.0. The van der Waals surface area contributed by atoms with Gasteiger partial charge in [-0.25, -0.2) is 4.79 Å². The molecule has 41 heavy (non-hydrogen) atoms. The Morgan fingerprint density at radius 1 is 1.07 bits per heavy atom. The lowest BCUT2D eigenvalue weighted by molar-refractivity contribution is -0.123. The normalized spacial score (nSPS) is 25.4. The molecule has 4 aliphatic rings. The second kappa shape index (κ2) is 9.95. The van der Waals surface area contributed by atoms with Gasteiger partial charge in [-0.15, -0.1) is 0 Å². The Morgan fingerprint density at radius 3 is 2.56 bits per heavy atom. The number of aromatic hydroxyl groups is 1. The van der Waals surface area contributed by atoms with Crippen molar-refractivity contribution >= 4 is 51.0 Å². The Kier molecular flexibility index (Phi) is 6.53. The molecule has 2 amide bonds. The zero-order valence-electron chi connectivity index (χ0n) is 21.8. The topological polar surface area (TPSA) is 138 Å². The van der Waals surface area contributed by atoms with Crippen LogP contribution in [0.5, 0.6) is 11.5 Å². The molecule has 3 aliphatic carbocycles. The molecular formula is C31H24BrNO8. The van der Waals surface area contributed by atoms with Gasteiger partial charge in [0.1, 0.15) is 0 Å². The van der Waals surface area contributed by atoms with Gasteiger partial charge >= 0.3 is 5.97 Å². The maximum Gasteiger partial charge on any atom is 0.335 e. The first-order chi connectivity index (χ1) is 19.6. The lowest BCUT2D eigenvalue weighted by Gasteiger charge is -2.42. The number of hydrogen-bond donors (Lipinski definition) is 2. The van der Waals surface area contributed by atoms with Gasteiger partial charge < -0.3 is 14.9 Å². The highest BCUT2D eigenvalue weighted by Gasteiger charge is 2.57. The van der Waals surface area contributed by atoms with E-state index < -0.39 is 41.5 Å². The van der Waals surface area contributed by atoms with Crippen molar-refractivity contribution in [2.75, 3.05) is 11.5 Å². The highest BCUT2D eigenvalue weighted by Crippen LogP contribution is 2.57. The molecule has 1 saturated heterocycles. The van der Waals surface area contributed by atoms with Crippen molar-refractivity contribution in [1.82, 2.24) is 0 Å². The maximum atomic E-state index is 14.0. The molecule has 1 aliphatic heterocycles. The number of carbonyl (C=O) groups excluding carboxylic acids is 4. The quantitative estimate of drug-likeness (QED) is 0.285. The van der Waals surface area contributed by atoms with E-state index in [0.717, 1.165) is 4.90 Å². The first-order valence-electron chi connectivity index (χ1n) is 13.2. The molecule has 4 atom stereocenters. The number of carboxylic acid groups (broad SMARTS) is 1. The van der Waals surface area contributed by atoms with Gasteiger partial charge in [0.15, 0.2) is 23.1 Å². The van der Waals surface area contributed by atoms with Crippen LogP contribution in [-0.4, -0.2) is 46.2 Å². The van der Waals surface area contributed by atoms with Crippen LogP contribution >= 0.6 is 15.9 Å². The van der Waals surface area contributed by atoms with Gasteiger partial charge in [-0.2, -0.15) is 0 Å². The SMILES string of the molecule is CCOc1cccc(C2C3=CCC4C(=O)N(c5cccc(C(=O)O)c5)C(=O)C4C3CC3=C2C(=O)C=C(Br)C3=O)c1O. The number of carboxylic acids is 1. The van der Waals surface area contributed by atoms with Crippen molar-refractivity contribution in [3.05, 3.63) is 86.9 Å². The van der Waals surface area contributed by atoms with Crippen LogP contribution < -0.4 is 9.64 Å². The summed E-state index contributed by atoms with van der Waals surface area (Å²) in [5.74, 6) is -5.79. The first kappa shape index (κ1) is 26.9. The zero-order chi connectivity index (χ0) is 29.2. The number of rotatable bonds is 5.